The lowest BCUT2D eigenvalue weighted by molar-refractivity contribution is -0.144. The summed E-state index contributed by atoms with van der Waals surface area (Å²) in [6.07, 6.45) is 12.6. The summed E-state index contributed by atoms with van der Waals surface area (Å²) in [5.74, 6) is -1.44. The number of carboxylic acid groups (broad SMARTS) is 1. The van der Waals surface area contributed by atoms with Crippen molar-refractivity contribution in [3.63, 3.8) is 0 Å². The Kier molecular flexibility index (Phi) is 36.1. The molecule has 0 bridgehead atoms. The summed E-state index contributed by atoms with van der Waals surface area (Å²) in [6, 6.07) is -0.982. The van der Waals surface area contributed by atoms with E-state index in [-0.39, 0.29) is 48.5 Å². The number of hydrogen-bond donors (Lipinski definition) is 2. The van der Waals surface area contributed by atoms with E-state index in [0.29, 0.717) is 6.61 Å². The third-order valence-electron chi connectivity index (χ3n) is 3.74. The maximum Gasteiger partial charge on any atom is 0.320 e. The first kappa shape index (κ1) is 35.9. The maximum absolute atomic E-state index is 11.4. The lowest BCUT2D eigenvalue weighted by Crippen LogP contribution is -2.30. The molecule has 0 aromatic carbocycles. The Morgan fingerprint density at radius 3 is 1.69 bits per heavy atom. The molecular weight excluding hydrogens is 330 g/mol. The summed E-state index contributed by atoms with van der Waals surface area (Å²) in [5.41, 5.74) is 5.32. The number of aliphatic carboxylic acids is 1. The predicted octanol–water partition coefficient (Wildman–Crippen LogP) is 6.19. The summed E-state index contributed by atoms with van der Waals surface area (Å²) in [5, 5.41) is 8.59. The average molecular weight is 380 g/mol. The third kappa shape index (κ3) is 25.1. The molecule has 0 aliphatic heterocycles. The van der Waals surface area contributed by atoms with E-state index in [9.17, 15) is 9.59 Å². The van der Waals surface area contributed by atoms with E-state index in [1.165, 1.54) is 51.4 Å². The van der Waals surface area contributed by atoms with Crippen LogP contribution in [0.15, 0.2) is 0 Å². The fraction of sp³-hybridized carbons (Fsp3) is 0.905. The minimum Gasteiger partial charge on any atom is -0.480 e. The van der Waals surface area contributed by atoms with Crippen molar-refractivity contribution in [2.75, 3.05) is 6.61 Å². The van der Waals surface area contributed by atoms with Crippen molar-refractivity contribution in [3.05, 3.63) is 0 Å². The minimum absolute atomic E-state index is 0. The monoisotopic (exact) mass is 379 g/mol. The largest absolute Gasteiger partial charge is 0.480 e. The van der Waals surface area contributed by atoms with E-state index in [4.69, 9.17) is 15.6 Å². The van der Waals surface area contributed by atoms with Crippen LogP contribution in [0.2, 0.25) is 0 Å². The molecule has 0 heterocycles. The first-order chi connectivity index (χ1) is 10.6. The van der Waals surface area contributed by atoms with Crippen molar-refractivity contribution >= 4 is 11.9 Å². The Morgan fingerprint density at radius 2 is 1.27 bits per heavy atom. The fourth-order valence-corrected chi connectivity index (χ4v) is 2.24. The fourth-order valence-electron chi connectivity index (χ4n) is 2.24. The summed E-state index contributed by atoms with van der Waals surface area (Å²) >= 11 is 0. The average Bonchev–Trinajstić information content (AvgIpc) is 2.50. The highest BCUT2D eigenvalue weighted by atomic mass is 16.5. The number of hydrogen-bond acceptors (Lipinski definition) is 4. The molecule has 0 unspecified atom stereocenters. The molecule has 1 atom stereocenters. The molecule has 0 amide bonds. The molecule has 0 aromatic rings. The van der Waals surface area contributed by atoms with Crippen LogP contribution in [0.25, 0.3) is 0 Å². The highest BCUT2D eigenvalue weighted by Crippen LogP contribution is 2.10. The topological polar surface area (TPSA) is 89.6 Å². The molecule has 26 heavy (non-hydrogen) atoms. The number of esters is 1. The van der Waals surface area contributed by atoms with Gasteiger partial charge in [0.2, 0.25) is 0 Å². The molecular formula is C21H49NO4. The van der Waals surface area contributed by atoms with Gasteiger partial charge in [-0.1, -0.05) is 94.4 Å². The van der Waals surface area contributed by atoms with Gasteiger partial charge < -0.3 is 15.6 Å². The van der Waals surface area contributed by atoms with E-state index in [1.54, 1.807) is 0 Å². The zero-order chi connectivity index (χ0) is 16.6. The Hall–Kier alpha value is -1.10. The first-order valence-corrected chi connectivity index (χ1v) is 8.72. The predicted molar refractivity (Wildman–Crippen MR) is 115 cm³/mol. The van der Waals surface area contributed by atoms with E-state index in [1.807, 2.05) is 0 Å². The molecule has 3 N–H and O–H groups in total. The zero-order valence-corrected chi connectivity index (χ0v) is 14.0. The minimum atomic E-state index is -1.08. The second-order valence-corrected chi connectivity index (χ2v) is 5.89. The summed E-state index contributed by atoms with van der Waals surface area (Å²) < 4.78 is 5.06. The summed E-state index contributed by atoms with van der Waals surface area (Å²) in [7, 11) is 0. The van der Waals surface area contributed by atoms with E-state index < -0.39 is 12.0 Å². The van der Waals surface area contributed by atoms with Crippen LogP contribution in [-0.2, 0) is 14.3 Å². The SMILES string of the molecule is C.C.C.C.CCCCCCCCCCCCOC(=O)CC[C@H](N)C(=O)O. The van der Waals surface area contributed by atoms with Crippen LogP contribution in [0.5, 0.6) is 0 Å². The van der Waals surface area contributed by atoms with Gasteiger partial charge in [0, 0.05) is 6.42 Å². The molecule has 5 heteroatoms. The van der Waals surface area contributed by atoms with Gasteiger partial charge in [0.1, 0.15) is 6.04 Å². The highest BCUT2D eigenvalue weighted by Gasteiger charge is 2.13. The lowest BCUT2D eigenvalue weighted by atomic mass is 10.1. The number of ether oxygens (including phenoxy) is 1. The van der Waals surface area contributed by atoms with Crippen LogP contribution in [-0.4, -0.2) is 29.7 Å². The van der Waals surface area contributed by atoms with Crippen LogP contribution < -0.4 is 5.73 Å². The second-order valence-electron chi connectivity index (χ2n) is 5.89. The molecule has 0 radical (unpaired) electrons. The number of nitrogens with two attached hydrogens (primary N) is 1. The van der Waals surface area contributed by atoms with Crippen molar-refractivity contribution in [2.45, 2.75) is 120 Å². The molecule has 0 aliphatic carbocycles. The number of unbranched alkanes of at least 4 members (excludes halogenated alkanes) is 9. The summed E-state index contributed by atoms with van der Waals surface area (Å²) in [6.45, 7) is 2.66. The van der Waals surface area contributed by atoms with Gasteiger partial charge in [-0.05, 0) is 12.8 Å². The highest BCUT2D eigenvalue weighted by molar-refractivity contribution is 5.75. The van der Waals surface area contributed by atoms with Gasteiger partial charge in [0.25, 0.3) is 0 Å². The molecule has 0 fully saturated rings. The molecule has 5 nitrogen and oxygen atoms in total. The van der Waals surface area contributed by atoms with Gasteiger partial charge in [0.05, 0.1) is 6.61 Å². The quantitative estimate of drug-likeness (QED) is 0.261. The van der Waals surface area contributed by atoms with Crippen LogP contribution in [0.4, 0.5) is 0 Å². The number of rotatable bonds is 15. The summed E-state index contributed by atoms with van der Waals surface area (Å²) in [4.78, 5) is 21.9. The van der Waals surface area contributed by atoms with E-state index in [2.05, 4.69) is 6.92 Å². The molecule has 0 rings (SSSR count). The Balaban J connectivity index is -0.000000367. The van der Waals surface area contributed by atoms with Crippen molar-refractivity contribution in [1.29, 1.82) is 0 Å². The van der Waals surface area contributed by atoms with Gasteiger partial charge in [-0.15, -0.1) is 0 Å². The zero-order valence-electron chi connectivity index (χ0n) is 14.0. The van der Waals surface area contributed by atoms with Crippen LogP contribution in [0, 0.1) is 0 Å². The van der Waals surface area contributed by atoms with Crippen molar-refractivity contribution in [1.82, 2.24) is 0 Å². The van der Waals surface area contributed by atoms with Crippen LogP contribution >= 0.6 is 0 Å². The van der Waals surface area contributed by atoms with Crippen molar-refractivity contribution in [3.8, 4) is 0 Å². The van der Waals surface area contributed by atoms with Gasteiger partial charge in [-0.2, -0.15) is 0 Å². The third-order valence-corrected chi connectivity index (χ3v) is 3.74. The van der Waals surface area contributed by atoms with Crippen LogP contribution in [0.1, 0.15) is 114 Å². The first-order valence-electron chi connectivity index (χ1n) is 8.72. The normalized spacial score (nSPS) is 10.2. The Labute approximate surface area is 164 Å². The smallest absolute Gasteiger partial charge is 0.320 e. The number of carboxylic acids is 1. The van der Waals surface area contributed by atoms with Gasteiger partial charge in [0.15, 0.2) is 0 Å². The van der Waals surface area contributed by atoms with Gasteiger partial charge in [-0.25, -0.2) is 0 Å². The number of carbonyl (C=O) groups excluding carboxylic acids is 1. The molecule has 0 saturated heterocycles. The molecule has 0 spiro atoms. The van der Waals surface area contributed by atoms with Crippen molar-refractivity contribution in [2.24, 2.45) is 5.73 Å². The molecule has 162 valence electrons. The Bertz CT molecular complexity index is 296. The standard InChI is InChI=1S/C17H33NO4.4CH4/c1-2-3-4-5-6-7-8-9-10-11-14-22-16(19)13-12-15(18)17(20)21;;;;/h15H,2-14,18H2,1H3,(H,20,21);4*1H4/t15-;;;;/m0..../s1. The second kappa shape index (κ2) is 26.1. The molecule has 0 saturated carbocycles. The van der Waals surface area contributed by atoms with Crippen LogP contribution in [0.3, 0.4) is 0 Å². The van der Waals surface area contributed by atoms with E-state index >= 15 is 0 Å². The van der Waals surface area contributed by atoms with E-state index in [0.717, 1.165) is 12.8 Å². The Morgan fingerprint density at radius 1 is 0.846 bits per heavy atom. The van der Waals surface area contributed by atoms with Crippen molar-refractivity contribution < 1.29 is 19.4 Å². The lowest BCUT2D eigenvalue weighted by Gasteiger charge is -2.07. The molecule has 0 aliphatic rings. The van der Waals surface area contributed by atoms with Gasteiger partial charge >= 0.3 is 11.9 Å². The number of carbonyl (C=O) groups is 2. The van der Waals surface area contributed by atoms with Gasteiger partial charge in [-0.3, -0.25) is 9.59 Å². The molecule has 0 aromatic heterocycles. The maximum atomic E-state index is 11.4.